The van der Waals surface area contributed by atoms with Crippen LogP contribution in [0.1, 0.15) is 46.9 Å². The van der Waals surface area contributed by atoms with E-state index in [1.165, 1.54) is 0 Å². The molecule has 1 atom stereocenters. The number of carbonyl (C=O) groups is 1. The second kappa shape index (κ2) is 4.43. The number of hydrogen-bond donors (Lipinski definition) is 1. The van der Waals surface area contributed by atoms with E-state index >= 15 is 0 Å². The van der Waals surface area contributed by atoms with Gasteiger partial charge in [-0.3, -0.25) is 4.79 Å². The molecule has 0 saturated heterocycles. The number of carboxylic acids is 1. The Morgan fingerprint density at radius 3 is 2.35 bits per heavy atom. The van der Waals surface area contributed by atoms with Gasteiger partial charge in [-0.25, -0.2) is 4.68 Å². The van der Waals surface area contributed by atoms with Gasteiger partial charge in [-0.05, 0) is 23.8 Å². The lowest BCUT2D eigenvalue weighted by Crippen LogP contribution is -2.34. The Morgan fingerprint density at radius 2 is 1.94 bits per heavy atom. The summed E-state index contributed by atoms with van der Waals surface area (Å²) >= 11 is 0. The average molecular weight is 240 g/mol. The van der Waals surface area contributed by atoms with E-state index in [9.17, 15) is 9.90 Å². The number of tetrazole rings is 1. The van der Waals surface area contributed by atoms with Crippen molar-refractivity contribution in [3.8, 4) is 0 Å². The highest BCUT2D eigenvalue weighted by atomic mass is 16.4. The van der Waals surface area contributed by atoms with Crippen molar-refractivity contribution in [1.82, 2.24) is 20.2 Å². The van der Waals surface area contributed by atoms with Crippen molar-refractivity contribution in [2.24, 2.45) is 5.41 Å². The lowest BCUT2D eigenvalue weighted by atomic mass is 9.87. The lowest BCUT2D eigenvalue weighted by molar-refractivity contribution is -0.149. The number of nitrogens with zero attached hydrogens (tertiary/aromatic N) is 4. The first-order chi connectivity index (χ1) is 7.70. The molecule has 96 valence electrons. The van der Waals surface area contributed by atoms with Gasteiger partial charge in [-0.15, -0.1) is 5.10 Å². The molecule has 0 aliphatic carbocycles. The monoisotopic (exact) mass is 240 g/mol. The van der Waals surface area contributed by atoms with E-state index in [0.717, 1.165) is 0 Å². The Kier molecular flexibility index (Phi) is 3.54. The molecule has 6 heteroatoms. The summed E-state index contributed by atoms with van der Waals surface area (Å²) in [5.74, 6) is -0.117. The molecule has 1 aromatic rings. The summed E-state index contributed by atoms with van der Waals surface area (Å²) in [6, 6.07) is 0. The lowest BCUT2D eigenvalue weighted by Gasteiger charge is -2.25. The van der Waals surface area contributed by atoms with E-state index in [2.05, 4.69) is 15.5 Å². The summed E-state index contributed by atoms with van der Waals surface area (Å²) in [6.45, 7) is 9.86. The van der Waals surface area contributed by atoms with Crippen LogP contribution >= 0.6 is 0 Å². The first-order valence-electron chi connectivity index (χ1n) is 5.71. The fourth-order valence-corrected chi connectivity index (χ4v) is 1.51. The number of aromatic nitrogens is 4. The van der Waals surface area contributed by atoms with Crippen LogP contribution in [0.25, 0.3) is 0 Å². The van der Waals surface area contributed by atoms with Crippen LogP contribution in [0.4, 0.5) is 0 Å². The van der Waals surface area contributed by atoms with E-state index in [4.69, 9.17) is 0 Å². The molecule has 0 fully saturated rings. The van der Waals surface area contributed by atoms with Crippen molar-refractivity contribution in [3.05, 3.63) is 5.82 Å². The largest absolute Gasteiger partial charge is 0.481 e. The first kappa shape index (κ1) is 13.6. The summed E-state index contributed by atoms with van der Waals surface area (Å²) in [4.78, 5) is 11.3. The third kappa shape index (κ3) is 2.81. The van der Waals surface area contributed by atoms with Crippen LogP contribution in [-0.2, 0) is 16.8 Å². The van der Waals surface area contributed by atoms with Crippen LogP contribution < -0.4 is 0 Å². The summed E-state index contributed by atoms with van der Waals surface area (Å²) in [5.41, 5.74) is -1.04. The molecule has 1 aromatic heterocycles. The Bertz CT molecular complexity index is 408. The molecule has 0 aromatic carbocycles. The maximum atomic E-state index is 11.3. The minimum Gasteiger partial charge on any atom is -0.481 e. The molecule has 0 amide bonds. The van der Waals surface area contributed by atoms with Crippen LogP contribution in [0.15, 0.2) is 0 Å². The molecule has 0 aliphatic rings. The molecule has 0 spiro atoms. The highest BCUT2D eigenvalue weighted by Gasteiger charge is 2.34. The van der Waals surface area contributed by atoms with E-state index in [-0.39, 0.29) is 5.41 Å². The third-order valence-corrected chi connectivity index (χ3v) is 3.00. The third-order valence-electron chi connectivity index (χ3n) is 3.00. The predicted molar refractivity (Wildman–Crippen MR) is 62.6 cm³/mol. The van der Waals surface area contributed by atoms with Crippen molar-refractivity contribution in [1.29, 1.82) is 0 Å². The van der Waals surface area contributed by atoms with Gasteiger partial charge in [0.2, 0.25) is 0 Å². The SMILES string of the molecule is CCC(C)(Cn1nnnc1C(C)(C)C)C(=O)O. The highest BCUT2D eigenvalue weighted by molar-refractivity contribution is 5.73. The van der Waals surface area contributed by atoms with Crippen LogP contribution in [0.3, 0.4) is 0 Å². The molecule has 0 radical (unpaired) electrons. The van der Waals surface area contributed by atoms with Crippen molar-refractivity contribution in [2.75, 3.05) is 0 Å². The summed E-state index contributed by atoms with van der Waals surface area (Å²) in [7, 11) is 0. The number of aliphatic carboxylic acids is 1. The van der Waals surface area contributed by atoms with Gasteiger partial charge < -0.3 is 5.11 Å². The molecule has 0 aliphatic heterocycles. The highest BCUT2D eigenvalue weighted by Crippen LogP contribution is 2.26. The zero-order chi connectivity index (χ0) is 13.3. The molecule has 1 N–H and O–H groups in total. The topological polar surface area (TPSA) is 80.9 Å². The Labute approximate surface area is 101 Å². The second-order valence-corrected chi connectivity index (χ2v) is 5.63. The fourth-order valence-electron chi connectivity index (χ4n) is 1.51. The molecule has 0 bridgehead atoms. The number of hydrogen-bond acceptors (Lipinski definition) is 4. The number of carboxylic acid groups (broad SMARTS) is 1. The molecular weight excluding hydrogens is 220 g/mol. The maximum absolute atomic E-state index is 11.3. The van der Waals surface area contributed by atoms with Gasteiger partial charge in [-0.2, -0.15) is 0 Å². The Hall–Kier alpha value is -1.46. The molecule has 1 unspecified atom stereocenters. The van der Waals surface area contributed by atoms with Gasteiger partial charge in [0.25, 0.3) is 0 Å². The van der Waals surface area contributed by atoms with Gasteiger partial charge in [0.15, 0.2) is 5.82 Å². The van der Waals surface area contributed by atoms with E-state index in [1.54, 1.807) is 11.6 Å². The van der Waals surface area contributed by atoms with Crippen molar-refractivity contribution in [3.63, 3.8) is 0 Å². The minimum atomic E-state index is -0.838. The smallest absolute Gasteiger partial charge is 0.311 e. The van der Waals surface area contributed by atoms with Gasteiger partial charge in [-0.1, -0.05) is 27.7 Å². The van der Waals surface area contributed by atoms with Crippen LogP contribution in [0.5, 0.6) is 0 Å². The molecule has 6 nitrogen and oxygen atoms in total. The minimum absolute atomic E-state index is 0.198. The molecule has 1 rings (SSSR count). The van der Waals surface area contributed by atoms with Gasteiger partial charge >= 0.3 is 5.97 Å². The van der Waals surface area contributed by atoms with Gasteiger partial charge in [0.05, 0.1) is 12.0 Å². The van der Waals surface area contributed by atoms with Crippen molar-refractivity contribution < 1.29 is 9.90 Å². The number of rotatable bonds is 4. The van der Waals surface area contributed by atoms with Crippen LogP contribution in [0, 0.1) is 5.41 Å². The van der Waals surface area contributed by atoms with Gasteiger partial charge in [0, 0.05) is 5.41 Å². The van der Waals surface area contributed by atoms with E-state index < -0.39 is 11.4 Å². The predicted octanol–water partition coefficient (Wildman–Crippen LogP) is 1.47. The van der Waals surface area contributed by atoms with Crippen molar-refractivity contribution in [2.45, 2.75) is 53.0 Å². The Morgan fingerprint density at radius 1 is 1.35 bits per heavy atom. The molecule has 0 saturated carbocycles. The first-order valence-corrected chi connectivity index (χ1v) is 5.71. The molecular formula is C11H20N4O2. The van der Waals surface area contributed by atoms with Crippen LogP contribution in [0.2, 0.25) is 0 Å². The fraction of sp³-hybridized carbons (Fsp3) is 0.818. The van der Waals surface area contributed by atoms with Crippen LogP contribution in [-0.4, -0.2) is 31.3 Å². The second-order valence-electron chi connectivity index (χ2n) is 5.63. The molecule has 1 heterocycles. The average Bonchev–Trinajstić information content (AvgIpc) is 2.64. The Balaban J connectivity index is 3.04. The quantitative estimate of drug-likeness (QED) is 0.862. The van der Waals surface area contributed by atoms with Crippen molar-refractivity contribution >= 4 is 5.97 Å². The normalized spacial score (nSPS) is 15.6. The molecule has 17 heavy (non-hydrogen) atoms. The van der Waals surface area contributed by atoms with E-state index in [1.807, 2.05) is 27.7 Å². The zero-order valence-electron chi connectivity index (χ0n) is 11.1. The summed E-state index contributed by atoms with van der Waals surface area (Å²) < 4.78 is 1.59. The maximum Gasteiger partial charge on any atom is 0.311 e. The van der Waals surface area contributed by atoms with E-state index in [0.29, 0.717) is 18.8 Å². The van der Waals surface area contributed by atoms with Gasteiger partial charge in [0.1, 0.15) is 0 Å². The summed E-state index contributed by atoms with van der Waals surface area (Å²) in [5, 5.41) is 20.7. The standard InChI is InChI=1S/C11H20N4O2/c1-6-11(5,9(16)17)7-15-8(10(2,3)4)12-13-14-15/h6-7H2,1-5H3,(H,16,17). The summed E-state index contributed by atoms with van der Waals surface area (Å²) in [6.07, 6.45) is 0.534. The zero-order valence-corrected chi connectivity index (χ0v) is 11.1.